The van der Waals surface area contributed by atoms with Crippen LogP contribution in [0.3, 0.4) is 0 Å². The number of amides is 1. The molecule has 0 saturated carbocycles. The van der Waals surface area contributed by atoms with Gasteiger partial charge in [-0.15, -0.1) is 0 Å². The molecular weight excluding hydrogens is 448 g/mol. The van der Waals surface area contributed by atoms with Crippen LogP contribution in [0.1, 0.15) is 6.92 Å². The Morgan fingerprint density at radius 3 is 2.33 bits per heavy atom. The number of carbonyl (C=O) groups is 1. The van der Waals surface area contributed by atoms with Crippen LogP contribution in [0.25, 0.3) is 27.8 Å². The molecule has 0 spiro atoms. The van der Waals surface area contributed by atoms with Gasteiger partial charge in [0.25, 0.3) is 5.56 Å². The first-order chi connectivity index (χ1) is 14.3. The van der Waals surface area contributed by atoms with E-state index in [0.29, 0.717) is 22.3 Å². The lowest BCUT2D eigenvalue weighted by Crippen LogP contribution is -2.36. The number of aryl methyl sites for hydroxylation is 1. The molecule has 1 amide bonds. The van der Waals surface area contributed by atoms with E-state index < -0.39 is 0 Å². The molecule has 30 heavy (non-hydrogen) atoms. The fraction of sp³-hybridized carbons (Fsp3) is 0.136. The standard InChI is InChI=1S/C22H19BrN4O3/c1-13(28)24-16-7-9-17(10-8-16)27-12-18-19(21(29)26(3)22(30)25(18)2)20(27)14-5-4-6-15(23)11-14/h4-12H,1-3H3,(H,24,28). The number of benzene rings is 2. The molecule has 4 aromatic rings. The number of hydrogen-bond donors (Lipinski definition) is 1. The van der Waals surface area contributed by atoms with Gasteiger partial charge < -0.3 is 9.88 Å². The third-order valence-corrected chi connectivity index (χ3v) is 5.50. The van der Waals surface area contributed by atoms with Gasteiger partial charge in [-0.1, -0.05) is 28.1 Å². The molecule has 8 heteroatoms. The lowest BCUT2D eigenvalue weighted by Gasteiger charge is -2.11. The zero-order valence-electron chi connectivity index (χ0n) is 16.6. The SMILES string of the molecule is CC(=O)Nc1ccc(-n2cc3c(c2-c2cccc(Br)c2)c(=O)n(C)c(=O)n3C)cc1. The van der Waals surface area contributed by atoms with Crippen molar-refractivity contribution in [2.24, 2.45) is 14.1 Å². The van der Waals surface area contributed by atoms with Crippen molar-refractivity contribution in [2.75, 3.05) is 5.32 Å². The first-order valence-corrected chi connectivity index (χ1v) is 10.0. The molecule has 152 valence electrons. The molecule has 0 unspecified atom stereocenters. The maximum absolute atomic E-state index is 13.1. The summed E-state index contributed by atoms with van der Waals surface area (Å²) in [5, 5.41) is 3.21. The summed E-state index contributed by atoms with van der Waals surface area (Å²) in [6.45, 7) is 1.45. The molecule has 1 N–H and O–H groups in total. The minimum atomic E-state index is -0.383. The minimum Gasteiger partial charge on any atom is -0.326 e. The summed E-state index contributed by atoms with van der Waals surface area (Å²) in [5.74, 6) is -0.150. The molecular formula is C22H19BrN4O3. The fourth-order valence-electron chi connectivity index (χ4n) is 3.57. The Bertz CT molecular complexity index is 1410. The second kappa shape index (κ2) is 7.46. The predicted octanol–water partition coefficient (Wildman–Crippen LogP) is 3.42. The summed E-state index contributed by atoms with van der Waals surface area (Å²) in [7, 11) is 3.13. The van der Waals surface area contributed by atoms with E-state index in [1.165, 1.54) is 18.5 Å². The number of nitrogens with zero attached hydrogens (tertiary/aromatic N) is 3. The summed E-state index contributed by atoms with van der Waals surface area (Å²) < 4.78 is 5.36. The Morgan fingerprint density at radius 2 is 1.70 bits per heavy atom. The lowest BCUT2D eigenvalue weighted by molar-refractivity contribution is -0.114. The fourth-order valence-corrected chi connectivity index (χ4v) is 3.97. The first-order valence-electron chi connectivity index (χ1n) is 9.23. The van der Waals surface area contributed by atoms with Crippen LogP contribution in [0.15, 0.2) is 68.8 Å². The van der Waals surface area contributed by atoms with E-state index in [4.69, 9.17) is 0 Å². The molecule has 7 nitrogen and oxygen atoms in total. The van der Waals surface area contributed by atoms with Gasteiger partial charge in [0, 0.05) is 48.6 Å². The zero-order valence-corrected chi connectivity index (χ0v) is 18.2. The van der Waals surface area contributed by atoms with E-state index in [1.54, 1.807) is 25.4 Å². The quantitative estimate of drug-likeness (QED) is 0.502. The van der Waals surface area contributed by atoms with E-state index in [0.717, 1.165) is 20.3 Å². The van der Waals surface area contributed by atoms with Crippen molar-refractivity contribution in [3.8, 4) is 16.9 Å². The van der Waals surface area contributed by atoms with Crippen LogP contribution in [0.5, 0.6) is 0 Å². The largest absolute Gasteiger partial charge is 0.330 e. The molecule has 0 saturated heterocycles. The predicted molar refractivity (Wildman–Crippen MR) is 121 cm³/mol. The van der Waals surface area contributed by atoms with Gasteiger partial charge in [0.15, 0.2) is 0 Å². The Morgan fingerprint density at radius 1 is 1.00 bits per heavy atom. The smallest absolute Gasteiger partial charge is 0.326 e. The van der Waals surface area contributed by atoms with Crippen LogP contribution in [0.4, 0.5) is 5.69 Å². The average molecular weight is 467 g/mol. The lowest BCUT2D eigenvalue weighted by atomic mass is 10.1. The molecule has 2 aromatic heterocycles. The van der Waals surface area contributed by atoms with E-state index in [9.17, 15) is 14.4 Å². The molecule has 0 aliphatic carbocycles. The molecule has 0 aliphatic rings. The van der Waals surface area contributed by atoms with Crippen LogP contribution in [0, 0.1) is 0 Å². The van der Waals surface area contributed by atoms with Gasteiger partial charge in [-0.25, -0.2) is 4.79 Å². The minimum absolute atomic E-state index is 0.150. The van der Waals surface area contributed by atoms with E-state index in [1.807, 2.05) is 41.0 Å². The number of nitrogens with one attached hydrogen (secondary N) is 1. The van der Waals surface area contributed by atoms with Crippen molar-refractivity contribution < 1.29 is 4.79 Å². The first kappa shape index (κ1) is 19.9. The van der Waals surface area contributed by atoms with Gasteiger partial charge in [-0.3, -0.25) is 18.7 Å². The highest BCUT2D eigenvalue weighted by Gasteiger charge is 2.20. The van der Waals surface area contributed by atoms with Crippen molar-refractivity contribution in [3.63, 3.8) is 0 Å². The Hall–Kier alpha value is -3.39. The van der Waals surface area contributed by atoms with Crippen molar-refractivity contribution >= 4 is 38.4 Å². The van der Waals surface area contributed by atoms with Crippen LogP contribution in [-0.4, -0.2) is 19.6 Å². The van der Waals surface area contributed by atoms with Gasteiger partial charge >= 0.3 is 5.69 Å². The zero-order chi connectivity index (χ0) is 21.6. The van der Waals surface area contributed by atoms with Gasteiger partial charge in [-0.05, 0) is 36.4 Å². The summed E-state index contributed by atoms with van der Waals surface area (Å²) in [6.07, 6.45) is 1.79. The highest BCUT2D eigenvalue weighted by atomic mass is 79.9. The number of rotatable bonds is 3. The molecule has 4 rings (SSSR count). The summed E-state index contributed by atoms with van der Waals surface area (Å²) in [5.41, 5.74) is 2.81. The summed E-state index contributed by atoms with van der Waals surface area (Å²) in [6, 6.07) is 15.0. The Kier molecular flexibility index (Phi) is 4.95. The topological polar surface area (TPSA) is 78.0 Å². The number of hydrogen-bond acceptors (Lipinski definition) is 3. The number of fused-ring (bicyclic) bond motifs is 1. The van der Waals surface area contributed by atoms with Crippen molar-refractivity contribution in [3.05, 3.63) is 80.0 Å². The van der Waals surface area contributed by atoms with Gasteiger partial charge in [-0.2, -0.15) is 0 Å². The molecule has 2 aromatic carbocycles. The molecule has 0 radical (unpaired) electrons. The van der Waals surface area contributed by atoms with Gasteiger partial charge in [0.2, 0.25) is 5.91 Å². The van der Waals surface area contributed by atoms with Crippen molar-refractivity contribution in [1.29, 1.82) is 0 Å². The highest BCUT2D eigenvalue weighted by Crippen LogP contribution is 2.32. The summed E-state index contributed by atoms with van der Waals surface area (Å²) in [4.78, 5) is 36.9. The molecule has 2 heterocycles. The maximum Gasteiger partial charge on any atom is 0.330 e. The number of carbonyl (C=O) groups excluding carboxylic acids is 1. The third kappa shape index (κ3) is 3.29. The number of aromatic nitrogens is 3. The normalized spacial score (nSPS) is 11.1. The molecule has 0 fully saturated rings. The molecule has 0 atom stereocenters. The highest BCUT2D eigenvalue weighted by molar-refractivity contribution is 9.10. The summed E-state index contributed by atoms with van der Waals surface area (Å²) >= 11 is 3.50. The molecule has 0 bridgehead atoms. The Labute approximate surface area is 180 Å². The number of anilines is 1. The maximum atomic E-state index is 13.1. The van der Waals surface area contributed by atoms with Crippen LogP contribution < -0.4 is 16.6 Å². The molecule has 0 aliphatic heterocycles. The van der Waals surface area contributed by atoms with E-state index in [2.05, 4.69) is 21.2 Å². The third-order valence-electron chi connectivity index (χ3n) is 5.00. The Balaban J connectivity index is 2.07. The van der Waals surface area contributed by atoms with Crippen LogP contribution in [0.2, 0.25) is 0 Å². The van der Waals surface area contributed by atoms with Crippen LogP contribution >= 0.6 is 15.9 Å². The van der Waals surface area contributed by atoms with E-state index in [-0.39, 0.29) is 17.2 Å². The van der Waals surface area contributed by atoms with Gasteiger partial charge in [0.05, 0.1) is 16.6 Å². The van der Waals surface area contributed by atoms with Crippen LogP contribution in [-0.2, 0) is 18.9 Å². The second-order valence-corrected chi connectivity index (χ2v) is 7.97. The average Bonchev–Trinajstić information content (AvgIpc) is 3.11. The van der Waals surface area contributed by atoms with Crippen molar-refractivity contribution in [2.45, 2.75) is 6.92 Å². The van der Waals surface area contributed by atoms with Crippen molar-refractivity contribution in [1.82, 2.24) is 13.7 Å². The van der Waals surface area contributed by atoms with E-state index >= 15 is 0 Å². The number of halogens is 1. The second-order valence-electron chi connectivity index (χ2n) is 7.05. The monoisotopic (exact) mass is 466 g/mol. The van der Waals surface area contributed by atoms with Gasteiger partial charge in [0.1, 0.15) is 0 Å².